The Kier molecular flexibility index (Phi) is 7.97. The number of benzene rings is 2. The zero-order valence-corrected chi connectivity index (χ0v) is 20.3. The first-order valence-electron chi connectivity index (χ1n) is 11.0. The topological polar surface area (TPSA) is 48.5 Å². The van der Waals surface area contributed by atoms with Crippen LogP contribution >= 0.6 is 23.1 Å². The van der Waals surface area contributed by atoms with Gasteiger partial charge in [-0.25, -0.2) is 4.98 Å². The Morgan fingerprint density at radius 3 is 2.56 bits per heavy atom. The second-order valence-corrected chi connectivity index (χ2v) is 10.4. The number of aromatic nitrogens is 1. The lowest BCUT2D eigenvalue weighted by molar-refractivity contribution is 0.0951. The van der Waals surface area contributed by atoms with Gasteiger partial charge in [0.1, 0.15) is 0 Å². The summed E-state index contributed by atoms with van der Waals surface area (Å²) < 4.78 is 0. The van der Waals surface area contributed by atoms with E-state index in [0.29, 0.717) is 12.1 Å². The van der Waals surface area contributed by atoms with Crippen LogP contribution in [0.1, 0.15) is 32.2 Å². The Morgan fingerprint density at radius 1 is 1.09 bits per heavy atom. The molecule has 1 N–H and O–H groups in total. The number of carbonyl (C=O) groups is 1. The molecule has 1 amide bonds. The molecule has 0 aliphatic carbocycles. The number of likely N-dealkylation sites (N-methyl/N-ethyl adjacent to an activating group) is 1. The lowest BCUT2D eigenvalue weighted by Crippen LogP contribution is -2.43. The normalized spacial score (nSPS) is 15.1. The van der Waals surface area contributed by atoms with Crippen LogP contribution in [0.3, 0.4) is 0 Å². The average molecular weight is 467 g/mol. The highest BCUT2D eigenvalue weighted by Gasteiger charge is 2.14. The maximum Gasteiger partial charge on any atom is 0.251 e. The fraction of sp³-hybridized carbons (Fsp3) is 0.360. The lowest BCUT2D eigenvalue weighted by atomic mass is 10.1. The van der Waals surface area contributed by atoms with Gasteiger partial charge in [0, 0.05) is 60.9 Å². The molecule has 0 atom stereocenters. The van der Waals surface area contributed by atoms with E-state index in [1.807, 2.05) is 31.2 Å². The van der Waals surface area contributed by atoms with E-state index in [-0.39, 0.29) is 5.91 Å². The first kappa shape index (κ1) is 23.0. The van der Waals surface area contributed by atoms with Crippen molar-refractivity contribution in [2.24, 2.45) is 0 Å². The summed E-state index contributed by atoms with van der Waals surface area (Å²) in [4.78, 5) is 23.1. The van der Waals surface area contributed by atoms with Crippen molar-refractivity contribution in [1.29, 1.82) is 0 Å². The van der Waals surface area contributed by atoms with Crippen molar-refractivity contribution in [3.05, 3.63) is 81.3 Å². The predicted octanol–water partition coefficient (Wildman–Crippen LogP) is 4.42. The maximum absolute atomic E-state index is 12.6. The molecule has 0 unspecified atom stereocenters. The molecule has 0 bridgehead atoms. The summed E-state index contributed by atoms with van der Waals surface area (Å²) in [5.74, 6) is 0.807. The fourth-order valence-corrected chi connectivity index (χ4v) is 5.23. The van der Waals surface area contributed by atoms with Crippen LogP contribution in [-0.4, -0.2) is 53.9 Å². The van der Waals surface area contributed by atoms with Gasteiger partial charge in [-0.2, -0.15) is 0 Å². The highest BCUT2D eigenvalue weighted by molar-refractivity contribution is 7.98. The van der Waals surface area contributed by atoms with Crippen LogP contribution in [0.2, 0.25) is 0 Å². The molecule has 7 heteroatoms. The molecule has 0 radical (unpaired) electrons. The van der Waals surface area contributed by atoms with Crippen LogP contribution in [0.15, 0.2) is 58.8 Å². The van der Waals surface area contributed by atoms with Crippen molar-refractivity contribution in [2.75, 3.05) is 33.2 Å². The fourth-order valence-electron chi connectivity index (χ4n) is 3.72. The monoisotopic (exact) mass is 466 g/mol. The van der Waals surface area contributed by atoms with Crippen LogP contribution in [-0.2, 0) is 18.8 Å². The maximum atomic E-state index is 12.6. The van der Waals surface area contributed by atoms with Gasteiger partial charge < -0.3 is 10.2 Å². The zero-order chi connectivity index (χ0) is 22.3. The number of thiazole rings is 1. The van der Waals surface area contributed by atoms with Gasteiger partial charge in [0.15, 0.2) is 0 Å². The quantitative estimate of drug-likeness (QED) is 0.498. The summed E-state index contributed by atoms with van der Waals surface area (Å²) in [6.45, 7) is 7.99. The van der Waals surface area contributed by atoms with Crippen LogP contribution in [0.4, 0.5) is 0 Å². The number of rotatable bonds is 8. The van der Waals surface area contributed by atoms with E-state index in [4.69, 9.17) is 0 Å². The van der Waals surface area contributed by atoms with E-state index < -0.39 is 0 Å². The van der Waals surface area contributed by atoms with Crippen molar-refractivity contribution in [3.63, 3.8) is 0 Å². The van der Waals surface area contributed by atoms with E-state index in [2.05, 4.69) is 56.8 Å². The number of thioether (sulfide) groups is 1. The number of nitrogens with zero attached hydrogens (tertiary/aromatic N) is 3. The van der Waals surface area contributed by atoms with Crippen LogP contribution in [0.5, 0.6) is 0 Å². The minimum atomic E-state index is -0.0406. The Labute approximate surface area is 198 Å². The molecule has 5 nitrogen and oxygen atoms in total. The molecular formula is C25H30N4OS2. The van der Waals surface area contributed by atoms with E-state index in [1.165, 1.54) is 5.56 Å². The second kappa shape index (κ2) is 11.1. The van der Waals surface area contributed by atoms with Gasteiger partial charge in [-0.3, -0.25) is 9.69 Å². The largest absolute Gasteiger partial charge is 0.348 e. The smallest absolute Gasteiger partial charge is 0.251 e. The van der Waals surface area contributed by atoms with Crippen LogP contribution in [0, 0.1) is 6.92 Å². The lowest BCUT2D eigenvalue weighted by Gasteiger charge is -2.32. The third kappa shape index (κ3) is 6.65. The van der Waals surface area contributed by atoms with Gasteiger partial charge in [0.05, 0.1) is 10.7 Å². The van der Waals surface area contributed by atoms with Crippen molar-refractivity contribution in [3.8, 4) is 0 Å². The highest BCUT2D eigenvalue weighted by atomic mass is 32.2. The van der Waals surface area contributed by atoms with Gasteiger partial charge in [0.2, 0.25) is 0 Å². The van der Waals surface area contributed by atoms with Gasteiger partial charge in [-0.1, -0.05) is 24.3 Å². The zero-order valence-electron chi connectivity index (χ0n) is 18.7. The number of carbonyl (C=O) groups excluding carboxylic acids is 1. The molecule has 1 aliphatic heterocycles. The molecule has 1 saturated heterocycles. The average Bonchev–Trinajstić information content (AvgIpc) is 3.23. The molecule has 168 valence electrons. The summed E-state index contributed by atoms with van der Waals surface area (Å²) in [7, 11) is 2.18. The third-order valence-corrected chi connectivity index (χ3v) is 7.48. The summed E-state index contributed by atoms with van der Waals surface area (Å²) in [6, 6.07) is 16.4. The predicted molar refractivity (Wildman–Crippen MR) is 133 cm³/mol. The van der Waals surface area contributed by atoms with Crippen molar-refractivity contribution in [2.45, 2.75) is 30.7 Å². The van der Waals surface area contributed by atoms with E-state index >= 15 is 0 Å². The number of hydrogen-bond acceptors (Lipinski definition) is 6. The third-order valence-electron chi connectivity index (χ3n) is 5.62. The first-order valence-corrected chi connectivity index (χ1v) is 12.8. The van der Waals surface area contributed by atoms with Crippen molar-refractivity contribution >= 4 is 29.0 Å². The summed E-state index contributed by atoms with van der Waals surface area (Å²) in [5.41, 5.74) is 4.23. The highest BCUT2D eigenvalue weighted by Crippen LogP contribution is 2.24. The summed E-state index contributed by atoms with van der Waals surface area (Å²) >= 11 is 3.42. The molecule has 4 rings (SSSR count). The Morgan fingerprint density at radius 2 is 1.84 bits per heavy atom. The second-order valence-electron chi connectivity index (χ2n) is 8.25. The molecule has 0 saturated carbocycles. The minimum Gasteiger partial charge on any atom is -0.348 e. The Hall–Kier alpha value is -2.19. The van der Waals surface area contributed by atoms with E-state index in [0.717, 1.165) is 59.6 Å². The molecule has 1 fully saturated rings. The summed E-state index contributed by atoms with van der Waals surface area (Å²) in [6.07, 6.45) is 0. The molecule has 3 aromatic rings. The van der Waals surface area contributed by atoms with Crippen LogP contribution in [0.25, 0.3) is 0 Å². The number of amides is 1. The summed E-state index contributed by atoms with van der Waals surface area (Å²) in [5, 5.41) is 6.25. The van der Waals surface area contributed by atoms with Gasteiger partial charge in [-0.05, 0) is 49.4 Å². The van der Waals surface area contributed by atoms with E-state index in [9.17, 15) is 4.79 Å². The van der Waals surface area contributed by atoms with Gasteiger partial charge in [0.25, 0.3) is 5.91 Å². The Balaban J connectivity index is 1.26. The number of piperazine rings is 1. The van der Waals surface area contributed by atoms with Crippen LogP contribution < -0.4 is 5.32 Å². The first-order chi connectivity index (χ1) is 15.5. The molecule has 1 aliphatic rings. The molecule has 32 heavy (non-hydrogen) atoms. The molecule has 2 aromatic carbocycles. The minimum absolute atomic E-state index is 0.0406. The number of hydrogen-bond donors (Lipinski definition) is 1. The standard InChI is InChI=1S/C25H30N4OS2/c1-19-27-23(17-31-19)18-32-24-8-6-22(7-9-24)25(30)26-15-20-4-3-5-21(14-20)16-29-12-10-28(2)11-13-29/h3-9,14,17H,10-13,15-16,18H2,1-2H3,(H,26,30). The molecule has 1 aromatic heterocycles. The molecule has 2 heterocycles. The van der Waals surface area contributed by atoms with Gasteiger partial charge in [-0.15, -0.1) is 23.1 Å². The van der Waals surface area contributed by atoms with Crippen molar-refractivity contribution in [1.82, 2.24) is 20.1 Å². The number of aryl methyl sites for hydroxylation is 1. The number of nitrogens with one attached hydrogen (secondary N) is 1. The van der Waals surface area contributed by atoms with E-state index in [1.54, 1.807) is 23.1 Å². The SMILES string of the molecule is Cc1nc(CSc2ccc(C(=O)NCc3cccc(CN4CCN(C)CC4)c3)cc2)cs1. The Bertz CT molecular complexity index is 1030. The molecular weight excluding hydrogens is 436 g/mol. The van der Waals surface area contributed by atoms with Crippen molar-refractivity contribution < 1.29 is 4.79 Å². The van der Waals surface area contributed by atoms with Gasteiger partial charge >= 0.3 is 0 Å². The molecule has 0 spiro atoms.